The van der Waals surface area contributed by atoms with Crippen molar-refractivity contribution in [1.82, 2.24) is 15.1 Å². The van der Waals surface area contributed by atoms with Crippen LogP contribution in [0.2, 0.25) is 0 Å². The molecular weight excluding hydrogens is 349 g/mol. The molecule has 2 unspecified atom stereocenters. The summed E-state index contributed by atoms with van der Waals surface area (Å²) in [7, 11) is 0. The van der Waals surface area contributed by atoms with E-state index in [0.29, 0.717) is 32.8 Å². The van der Waals surface area contributed by atoms with Gasteiger partial charge in [0.05, 0.1) is 0 Å². The summed E-state index contributed by atoms with van der Waals surface area (Å²) in [4.78, 5) is 29.3. The predicted octanol–water partition coefficient (Wildman–Crippen LogP) is 1.47. The van der Waals surface area contributed by atoms with E-state index >= 15 is 0 Å². The van der Waals surface area contributed by atoms with Crippen LogP contribution in [0, 0.1) is 5.82 Å². The zero-order valence-corrected chi connectivity index (χ0v) is 15.4. The molecule has 0 aromatic heterocycles. The van der Waals surface area contributed by atoms with Crippen LogP contribution in [0.25, 0.3) is 0 Å². The highest BCUT2D eigenvalue weighted by Gasteiger charge is 2.36. The van der Waals surface area contributed by atoms with E-state index in [1.165, 1.54) is 12.1 Å². The second-order valence-corrected chi connectivity index (χ2v) is 7.60. The number of piperazine rings is 1. The van der Waals surface area contributed by atoms with Crippen molar-refractivity contribution in [3.63, 3.8) is 0 Å². The quantitative estimate of drug-likeness (QED) is 0.847. The predicted molar refractivity (Wildman–Crippen MR) is 97.4 cm³/mol. The Kier molecular flexibility index (Phi) is 5.41. The third-order valence-corrected chi connectivity index (χ3v) is 5.55. The Bertz CT molecular complexity index is 678. The van der Waals surface area contributed by atoms with Crippen molar-refractivity contribution in [2.24, 2.45) is 0 Å². The Morgan fingerprint density at radius 3 is 2.37 bits per heavy atom. The van der Waals surface area contributed by atoms with E-state index in [1.54, 1.807) is 12.1 Å². The number of carbonyl (C=O) groups is 2. The van der Waals surface area contributed by atoms with Crippen LogP contribution in [0.1, 0.15) is 37.3 Å². The van der Waals surface area contributed by atoms with E-state index in [0.717, 1.165) is 31.2 Å². The molecule has 1 aliphatic carbocycles. The first kappa shape index (κ1) is 18.4. The second-order valence-electron chi connectivity index (χ2n) is 7.60. The van der Waals surface area contributed by atoms with Crippen molar-refractivity contribution in [3.8, 4) is 0 Å². The maximum Gasteiger partial charge on any atom is 0.251 e. The van der Waals surface area contributed by atoms with Crippen LogP contribution in [0.4, 0.5) is 4.39 Å². The van der Waals surface area contributed by atoms with E-state index in [-0.39, 0.29) is 29.8 Å². The van der Waals surface area contributed by atoms with Gasteiger partial charge in [0.2, 0.25) is 5.91 Å². The highest BCUT2D eigenvalue weighted by molar-refractivity contribution is 5.84. The van der Waals surface area contributed by atoms with Crippen LogP contribution in [0.3, 0.4) is 0 Å². The molecule has 146 valence electrons. The van der Waals surface area contributed by atoms with Gasteiger partial charge in [0, 0.05) is 38.8 Å². The number of nitrogens with zero attached hydrogens (tertiary/aromatic N) is 2. The topological polar surface area (TPSA) is 61.9 Å². The molecule has 0 spiro atoms. The van der Waals surface area contributed by atoms with Crippen molar-refractivity contribution in [2.45, 2.75) is 43.9 Å². The third-order valence-electron chi connectivity index (χ3n) is 5.55. The number of rotatable bonds is 5. The molecule has 0 radical (unpaired) electrons. The summed E-state index contributed by atoms with van der Waals surface area (Å²) < 4.78 is 18.8. The highest BCUT2D eigenvalue weighted by Crippen LogP contribution is 2.26. The molecule has 2 atom stereocenters. The monoisotopic (exact) mass is 375 g/mol. The molecule has 2 saturated heterocycles. The summed E-state index contributed by atoms with van der Waals surface area (Å²) in [6, 6.07) is 5.95. The largest absolute Gasteiger partial charge is 0.368 e. The maximum absolute atomic E-state index is 13.3. The van der Waals surface area contributed by atoms with Gasteiger partial charge < -0.3 is 15.0 Å². The molecule has 1 aromatic rings. The first-order valence-corrected chi connectivity index (χ1v) is 9.82. The van der Waals surface area contributed by atoms with Crippen LogP contribution in [0.15, 0.2) is 24.3 Å². The molecule has 1 N–H and O–H groups in total. The lowest BCUT2D eigenvalue weighted by atomic mass is 10.0. The number of halogens is 1. The van der Waals surface area contributed by atoms with Gasteiger partial charge in [0.15, 0.2) is 0 Å². The van der Waals surface area contributed by atoms with Gasteiger partial charge in [0.1, 0.15) is 18.0 Å². The number of amides is 2. The minimum absolute atomic E-state index is 0.0389. The summed E-state index contributed by atoms with van der Waals surface area (Å²) in [5, 5.41) is 3.07. The lowest BCUT2D eigenvalue weighted by molar-refractivity contribution is -0.143. The first-order valence-electron chi connectivity index (χ1n) is 9.82. The average molecular weight is 375 g/mol. The standard InChI is InChI=1S/C20H26FN3O3/c21-15-5-3-14(4-6-15)18(19(25)22-16-7-8-16)23-9-11-24(12-10-23)20(26)17-2-1-13-27-17/h3-6,16-18H,1-2,7-13H2,(H,22,25). The van der Waals surface area contributed by atoms with E-state index in [9.17, 15) is 14.0 Å². The van der Waals surface area contributed by atoms with Gasteiger partial charge in [-0.3, -0.25) is 14.5 Å². The zero-order chi connectivity index (χ0) is 18.8. The fourth-order valence-corrected chi connectivity index (χ4v) is 3.86. The number of ether oxygens (including phenoxy) is 1. The normalized spacial score (nSPS) is 24.6. The fourth-order valence-electron chi connectivity index (χ4n) is 3.86. The van der Waals surface area contributed by atoms with E-state index in [4.69, 9.17) is 4.74 Å². The summed E-state index contributed by atoms with van der Waals surface area (Å²) in [5.41, 5.74) is 0.786. The molecule has 2 amide bonds. The number of nitrogens with one attached hydrogen (secondary N) is 1. The fraction of sp³-hybridized carbons (Fsp3) is 0.600. The van der Waals surface area contributed by atoms with Gasteiger partial charge in [-0.1, -0.05) is 12.1 Å². The van der Waals surface area contributed by atoms with Crippen LogP contribution in [0.5, 0.6) is 0 Å². The van der Waals surface area contributed by atoms with Crippen molar-refractivity contribution in [3.05, 3.63) is 35.6 Å². The van der Waals surface area contributed by atoms with E-state index in [2.05, 4.69) is 10.2 Å². The smallest absolute Gasteiger partial charge is 0.251 e. The second kappa shape index (κ2) is 7.94. The molecule has 6 nitrogen and oxygen atoms in total. The summed E-state index contributed by atoms with van der Waals surface area (Å²) >= 11 is 0. The SMILES string of the molecule is O=C(NC1CC1)C(c1ccc(F)cc1)N1CCN(C(=O)C2CCCO2)CC1. The summed E-state index contributed by atoms with van der Waals surface area (Å²) in [6.07, 6.45) is 3.46. The van der Waals surface area contributed by atoms with Crippen LogP contribution in [-0.2, 0) is 14.3 Å². The molecule has 0 bridgehead atoms. The number of hydrogen-bond donors (Lipinski definition) is 1. The molecule has 3 fully saturated rings. The van der Waals surface area contributed by atoms with Crippen molar-refractivity contribution >= 4 is 11.8 Å². The Morgan fingerprint density at radius 2 is 1.78 bits per heavy atom. The first-order chi connectivity index (χ1) is 13.1. The molecule has 27 heavy (non-hydrogen) atoms. The van der Waals surface area contributed by atoms with Crippen molar-refractivity contribution in [1.29, 1.82) is 0 Å². The van der Waals surface area contributed by atoms with Gasteiger partial charge >= 0.3 is 0 Å². The third kappa shape index (κ3) is 4.30. The van der Waals surface area contributed by atoms with Gasteiger partial charge in [-0.15, -0.1) is 0 Å². The zero-order valence-electron chi connectivity index (χ0n) is 15.4. The molecule has 1 saturated carbocycles. The van der Waals surface area contributed by atoms with Gasteiger partial charge in [-0.2, -0.15) is 0 Å². The van der Waals surface area contributed by atoms with Crippen molar-refractivity contribution in [2.75, 3.05) is 32.8 Å². The van der Waals surface area contributed by atoms with Crippen LogP contribution in [-0.4, -0.2) is 66.5 Å². The molecule has 2 heterocycles. The number of hydrogen-bond acceptors (Lipinski definition) is 4. The molecule has 3 aliphatic rings. The molecule has 2 aliphatic heterocycles. The Labute approximate surface area is 158 Å². The molecule has 4 rings (SSSR count). The average Bonchev–Trinajstić information content (AvgIpc) is 3.32. The van der Waals surface area contributed by atoms with Crippen molar-refractivity contribution < 1.29 is 18.7 Å². The lowest BCUT2D eigenvalue weighted by Gasteiger charge is -2.39. The van der Waals surface area contributed by atoms with Gasteiger partial charge in [-0.05, 0) is 43.4 Å². The maximum atomic E-state index is 13.3. The summed E-state index contributed by atoms with van der Waals surface area (Å²) in [5.74, 6) is -0.289. The Hall–Kier alpha value is -1.99. The van der Waals surface area contributed by atoms with Gasteiger partial charge in [0.25, 0.3) is 5.91 Å². The van der Waals surface area contributed by atoms with E-state index in [1.807, 2.05) is 4.90 Å². The van der Waals surface area contributed by atoms with Crippen LogP contribution < -0.4 is 5.32 Å². The Morgan fingerprint density at radius 1 is 1.07 bits per heavy atom. The van der Waals surface area contributed by atoms with Gasteiger partial charge in [-0.25, -0.2) is 4.39 Å². The number of benzene rings is 1. The minimum Gasteiger partial charge on any atom is -0.368 e. The van der Waals surface area contributed by atoms with E-state index < -0.39 is 6.04 Å². The summed E-state index contributed by atoms with van der Waals surface area (Å²) in [6.45, 7) is 3.03. The molecule has 7 heteroatoms. The Balaban J connectivity index is 1.43. The molecule has 1 aromatic carbocycles. The molecular formula is C20H26FN3O3. The lowest BCUT2D eigenvalue weighted by Crippen LogP contribution is -2.54. The minimum atomic E-state index is -0.453. The highest BCUT2D eigenvalue weighted by atomic mass is 19.1. The number of carbonyl (C=O) groups excluding carboxylic acids is 2. The van der Waals surface area contributed by atoms with Crippen LogP contribution >= 0.6 is 0 Å².